The topological polar surface area (TPSA) is 50.1 Å². The number of ether oxygens (including phenoxy) is 1. The van der Waals surface area contributed by atoms with Crippen LogP contribution in [0.15, 0.2) is 42.5 Å². The first-order valence-electron chi connectivity index (χ1n) is 14.0. The fraction of sp³-hybridized carbons (Fsp3) is 0.562. The lowest BCUT2D eigenvalue weighted by Gasteiger charge is -2.27. The second kappa shape index (κ2) is 14.7. The van der Waals surface area contributed by atoms with Crippen molar-refractivity contribution in [1.29, 1.82) is 5.26 Å². The summed E-state index contributed by atoms with van der Waals surface area (Å²) in [5.41, 5.74) is 4.43. The molecule has 2 aromatic rings. The van der Waals surface area contributed by atoms with Gasteiger partial charge in [0.15, 0.2) is 0 Å². The number of benzene rings is 2. The second-order valence-electron chi connectivity index (χ2n) is 10.3. The van der Waals surface area contributed by atoms with E-state index in [0.717, 1.165) is 50.5 Å². The second-order valence-corrected chi connectivity index (χ2v) is 10.3. The fourth-order valence-corrected chi connectivity index (χ4v) is 5.21. The summed E-state index contributed by atoms with van der Waals surface area (Å²) in [5, 5.41) is 9.62. The molecule has 0 amide bonds. The number of unbranched alkanes of at least 4 members (excludes halogenated alkanes) is 6. The summed E-state index contributed by atoms with van der Waals surface area (Å²) in [6, 6.07) is 17.0. The first-order valence-corrected chi connectivity index (χ1v) is 14.0. The number of aryl methyl sites for hydroxylation is 2. The number of esters is 1. The van der Waals surface area contributed by atoms with Gasteiger partial charge in [-0.15, -0.1) is 0 Å². The van der Waals surface area contributed by atoms with Gasteiger partial charge in [-0.25, -0.2) is 0 Å². The van der Waals surface area contributed by atoms with Gasteiger partial charge in [-0.2, -0.15) is 5.26 Å². The molecule has 3 heteroatoms. The standard InChI is InChI=1S/C32H43NO2/c1-3-5-7-8-9-10-12-26-15-22-31(30(23-26)24-33)35-32(34)29-20-18-28(19-21-29)27-16-13-25(14-17-27)11-6-4-2/h13-17,22-23,28-29H,3-12,18-21H2,1-2H3. The van der Waals surface area contributed by atoms with Gasteiger partial charge in [0, 0.05) is 0 Å². The van der Waals surface area contributed by atoms with Crippen LogP contribution in [0.2, 0.25) is 0 Å². The van der Waals surface area contributed by atoms with Gasteiger partial charge in [-0.05, 0) is 86.1 Å². The predicted molar refractivity (Wildman–Crippen MR) is 144 cm³/mol. The molecular weight excluding hydrogens is 430 g/mol. The average molecular weight is 474 g/mol. The van der Waals surface area contributed by atoms with E-state index < -0.39 is 0 Å². The summed E-state index contributed by atoms with van der Waals surface area (Å²) in [6.45, 7) is 4.46. The van der Waals surface area contributed by atoms with Gasteiger partial charge in [-0.1, -0.05) is 82.7 Å². The van der Waals surface area contributed by atoms with Crippen molar-refractivity contribution < 1.29 is 9.53 Å². The number of hydrogen-bond donors (Lipinski definition) is 0. The van der Waals surface area contributed by atoms with Crippen LogP contribution in [0.25, 0.3) is 0 Å². The lowest BCUT2D eigenvalue weighted by molar-refractivity contribution is -0.140. The highest BCUT2D eigenvalue weighted by molar-refractivity contribution is 5.76. The van der Waals surface area contributed by atoms with Crippen LogP contribution < -0.4 is 4.74 Å². The van der Waals surface area contributed by atoms with Crippen molar-refractivity contribution in [1.82, 2.24) is 0 Å². The van der Waals surface area contributed by atoms with E-state index in [-0.39, 0.29) is 11.9 Å². The molecule has 1 aliphatic carbocycles. The molecule has 0 bridgehead atoms. The number of nitriles is 1. The molecule has 2 aromatic carbocycles. The van der Waals surface area contributed by atoms with E-state index in [1.165, 1.54) is 56.1 Å². The molecule has 0 spiro atoms. The monoisotopic (exact) mass is 473 g/mol. The molecule has 0 heterocycles. The van der Waals surface area contributed by atoms with Crippen LogP contribution in [-0.4, -0.2) is 5.97 Å². The fourth-order valence-electron chi connectivity index (χ4n) is 5.21. The first kappa shape index (κ1) is 27.0. The zero-order valence-electron chi connectivity index (χ0n) is 21.9. The van der Waals surface area contributed by atoms with Gasteiger partial charge in [-0.3, -0.25) is 4.79 Å². The van der Waals surface area contributed by atoms with Crippen LogP contribution in [0.4, 0.5) is 0 Å². The number of carbonyl (C=O) groups excluding carboxylic acids is 1. The van der Waals surface area contributed by atoms with Crippen molar-refractivity contribution in [3.8, 4) is 11.8 Å². The molecule has 1 fully saturated rings. The van der Waals surface area contributed by atoms with Crippen molar-refractivity contribution in [2.75, 3.05) is 0 Å². The van der Waals surface area contributed by atoms with Gasteiger partial charge in [0.1, 0.15) is 11.8 Å². The Hall–Kier alpha value is -2.60. The molecule has 3 rings (SSSR count). The van der Waals surface area contributed by atoms with Crippen LogP contribution >= 0.6 is 0 Å². The Labute approximate surface area is 212 Å². The molecule has 0 saturated heterocycles. The van der Waals surface area contributed by atoms with Crippen LogP contribution in [0, 0.1) is 17.2 Å². The number of hydrogen-bond acceptors (Lipinski definition) is 3. The Morgan fingerprint density at radius 3 is 2.14 bits per heavy atom. The van der Waals surface area contributed by atoms with Crippen molar-refractivity contribution in [2.45, 2.75) is 110 Å². The van der Waals surface area contributed by atoms with Gasteiger partial charge < -0.3 is 4.74 Å². The van der Waals surface area contributed by atoms with Crippen LogP contribution in [-0.2, 0) is 17.6 Å². The number of rotatable bonds is 13. The Balaban J connectivity index is 1.47. The predicted octanol–water partition coefficient (Wildman–Crippen LogP) is 8.68. The molecule has 3 nitrogen and oxygen atoms in total. The Bertz CT molecular complexity index is 949. The van der Waals surface area contributed by atoms with E-state index >= 15 is 0 Å². The molecule has 0 aliphatic heterocycles. The molecule has 35 heavy (non-hydrogen) atoms. The smallest absolute Gasteiger partial charge is 0.314 e. The van der Waals surface area contributed by atoms with Gasteiger partial charge in [0.25, 0.3) is 0 Å². The van der Waals surface area contributed by atoms with E-state index in [1.54, 1.807) is 0 Å². The SMILES string of the molecule is CCCCCCCCc1ccc(OC(=O)C2CCC(c3ccc(CCCC)cc3)CC2)c(C#N)c1. The minimum absolute atomic E-state index is 0.0792. The first-order chi connectivity index (χ1) is 17.1. The number of carbonyl (C=O) groups is 1. The molecule has 1 aliphatic rings. The van der Waals surface area contributed by atoms with E-state index in [2.05, 4.69) is 44.2 Å². The summed E-state index contributed by atoms with van der Waals surface area (Å²) in [6.07, 6.45) is 15.8. The third-order valence-electron chi connectivity index (χ3n) is 7.52. The van der Waals surface area contributed by atoms with E-state index in [1.807, 2.05) is 18.2 Å². The summed E-state index contributed by atoms with van der Waals surface area (Å²) >= 11 is 0. The van der Waals surface area contributed by atoms with Gasteiger partial charge in [0.05, 0.1) is 11.5 Å². The Kier molecular flexibility index (Phi) is 11.4. The zero-order chi connectivity index (χ0) is 24.9. The highest BCUT2D eigenvalue weighted by atomic mass is 16.5. The molecular formula is C32H43NO2. The van der Waals surface area contributed by atoms with Crippen molar-refractivity contribution >= 4 is 5.97 Å². The highest BCUT2D eigenvalue weighted by Gasteiger charge is 2.29. The van der Waals surface area contributed by atoms with Crippen LogP contribution in [0.5, 0.6) is 5.75 Å². The van der Waals surface area contributed by atoms with Crippen molar-refractivity contribution in [3.05, 3.63) is 64.7 Å². The lowest BCUT2D eigenvalue weighted by Crippen LogP contribution is -2.25. The molecule has 1 saturated carbocycles. The molecule has 0 radical (unpaired) electrons. The van der Waals surface area contributed by atoms with E-state index in [4.69, 9.17) is 4.74 Å². The van der Waals surface area contributed by atoms with Gasteiger partial charge in [0.2, 0.25) is 0 Å². The normalized spacial score (nSPS) is 17.6. The minimum atomic E-state index is -0.182. The maximum atomic E-state index is 12.9. The summed E-state index contributed by atoms with van der Waals surface area (Å²) in [7, 11) is 0. The average Bonchev–Trinajstić information content (AvgIpc) is 2.90. The molecule has 0 aromatic heterocycles. The minimum Gasteiger partial charge on any atom is -0.425 e. The van der Waals surface area contributed by atoms with Crippen molar-refractivity contribution in [2.24, 2.45) is 5.92 Å². The molecule has 0 N–H and O–H groups in total. The quantitative estimate of drug-likeness (QED) is 0.166. The third kappa shape index (κ3) is 8.53. The Morgan fingerprint density at radius 2 is 1.46 bits per heavy atom. The largest absolute Gasteiger partial charge is 0.425 e. The maximum Gasteiger partial charge on any atom is 0.314 e. The molecule has 0 unspecified atom stereocenters. The highest BCUT2D eigenvalue weighted by Crippen LogP contribution is 2.37. The summed E-state index contributed by atoms with van der Waals surface area (Å²) < 4.78 is 5.73. The summed E-state index contributed by atoms with van der Waals surface area (Å²) in [5.74, 6) is 0.673. The van der Waals surface area contributed by atoms with E-state index in [0.29, 0.717) is 17.2 Å². The van der Waals surface area contributed by atoms with E-state index in [9.17, 15) is 10.1 Å². The van der Waals surface area contributed by atoms with Crippen LogP contribution in [0.3, 0.4) is 0 Å². The third-order valence-corrected chi connectivity index (χ3v) is 7.52. The van der Waals surface area contributed by atoms with Crippen molar-refractivity contribution in [3.63, 3.8) is 0 Å². The van der Waals surface area contributed by atoms with Crippen LogP contribution in [0.1, 0.15) is 119 Å². The summed E-state index contributed by atoms with van der Waals surface area (Å²) in [4.78, 5) is 12.9. The lowest BCUT2D eigenvalue weighted by atomic mass is 9.78. The Morgan fingerprint density at radius 1 is 0.829 bits per heavy atom. The maximum absolute atomic E-state index is 12.9. The molecule has 188 valence electrons. The molecule has 0 atom stereocenters. The zero-order valence-corrected chi connectivity index (χ0v) is 21.9. The van der Waals surface area contributed by atoms with Gasteiger partial charge >= 0.3 is 5.97 Å². The number of nitrogens with zero attached hydrogens (tertiary/aromatic N) is 1.